The van der Waals surface area contributed by atoms with Gasteiger partial charge in [0.1, 0.15) is 0 Å². The Morgan fingerprint density at radius 3 is 2.42 bits per heavy atom. The number of aromatic nitrogens is 3. The number of nitrogens with two attached hydrogens (primary N) is 1. The molecule has 0 aliphatic heterocycles. The van der Waals surface area contributed by atoms with Crippen LogP contribution in [0.5, 0.6) is 0 Å². The van der Waals surface area contributed by atoms with Crippen LogP contribution in [-0.2, 0) is 13.5 Å². The van der Waals surface area contributed by atoms with Crippen LogP contribution in [0.1, 0.15) is 11.1 Å². The number of rotatable bonds is 7. The molecule has 170 valence electrons. The fraction of sp³-hybridized carbons (Fsp3) is 0.192. The molecule has 33 heavy (non-hydrogen) atoms. The average molecular weight is 462 g/mol. The first-order valence-electron chi connectivity index (χ1n) is 10.6. The smallest absolute Gasteiger partial charge is 0.263 e. The average Bonchev–Trinajstić information content (AvgIpc) is 2.81. The molecule has 0 aliphatic rings. The number of aryl methyl sites for hydroxylation is 1. The molecule has 3 N–H and O–H groups in total. The number of nitrogens with one attached hydrogen (secondary N) is 1. The van der Waals surface area contributed by atoms with Crippen LogP contribution in [0.3, 0.4) is 0 Å². The summed E-state index contributed by atoms with van der Waals surface area (Å²) in [5, 5.41) is 3.29. The molecule has 0 spiro atoms. The van der Waals surface area contributed by atoms with Crippen molar-refractivity contribution in [3.8, 4) is 22.4 Å². The van der Waals surface area contributed by atoms with Crippen molar-refractivity contribution in [3.63, 3.8) is 0 Å². The molecule has 0 amide bonds. The summed E-state index contributed by atoms with van der Waals surface area (Å²) in [7, 11) is 1.73. The Balaban J connectivity index is 0.00000306. The minimum Gasteiger partial charge on any atom is -0.354 e. The summed E-state index contributed by atoms with van der Waals surface area (Å²) in [5.74, 6) is 0.488. The Hall–Kier alpha value is -3.48. The minimum absolute atomic E-state index is 0. The highest BCUT2D eigenvalue weighted by atomic mass is 35.5. The second kappa shape index (κ2) is 10.9. The van der Waals surface area contributed by atoms with E-state index in [1.165, 1.54) is 5.56 Å². The number of anilines is 1. The van der Waals surface area contributed by atoms with E-state index in [1.54, 1.807) is 24.0 Å². The number of hydrogen-bond donors (Lipinski definition) is 2. The molecular formula is C26H28ClN5O. The van der Waals surface area contributed by atoms with E-state index in [4.69, 9.17) is 10.7 Å². The number of benzene rings is 2. The third-order valence-electron chi connectivity index (χ3n) is 5.41. The summed E-state index contributed by atoms with van der Waals surface area (Å²) in [6.45, 7) is 2.51. The molecule has 0 bridgehead atoms. The molecule has 1 unspecified atom stereocenters. The maximum Gasteiger partial charge on any atom is 0.263 e. The molecule has 0 saturated heterocycles. The molecular weight excluding hydrogens is 434 g/mol. The fourth-order valence-corrected chi connectivity index (χ4v) is 3.75. The van der Waals surface area contributed by atoms with Gasteiger partial charge in [-0.25, -0.2) is 4.98 Å². The lowest BCUT2D eigenvalue weighted by Crippen LogP contribution is -2.34. The normalized spacial score (nSPS) is 11.5. The van der Waals surface area contributed by atoms with E-state index in [0.29, 0.717) is 23.8 Å². The van der Waals surface area contributed by atoms with Gasteiger partial charge >= 0.3 is 0 Å². The number of pyridine rings is 1. The number of halogens is 1. The van der Waals surface area contributed by atoms with Gasteiger partial charge in [0, 0.05) is 37.6 Å². The van der Waals surface area contributed by atoms with Crippen LogP contribution in [-0.4, -0.2) is 27.1 Å². The van der Waals surface area contributed by atoms with E-state index < -0.39 is 0 Å². The van der Waals surface area contributed by atoms with Crippen LogP contribution in [0, 0.1) is 6.92 Å². The summed E-state index contributed by atoms with van der Waals surface area (Å²) >= 11 is 0. The van der Waals surface area contributed by atoms with E-state index in [0.717, 1.165) is 23.1 Å². The van der Waals surface area contributed by atoms with Gasteiger partial charge in [-0.3, -0.25) is 14.3 Å². The van der Waals surface area contributed by atoms with E-state index in [9.17, 15) is 4.79 Å². The zero-order valence-corrected chi connectivity index (χ0v) is 19.5. The molecule has 6 nitrogen and oxygen atoms in total. The molecule has 0 radical (unpaired) electrons. The Bertz CT molecular complexity index is 1260. The quantitative estimate of drug-likeness (QED) is 0.430. The topological polar surface area (TPSA) is 85.8 Å². The highest BCUT2D eigenvalue weighted by Gasteiger charge is 2.18. The Morgan fingerprint density at radius 2 is 1.73 bits per heavy atom. The zero-order chi connectivity index (χ0) is 22.5. The van der Waals surface area contributed by atoms with Crippen molar-refractivity contribution in [2.24, 2.45) is 12.8 Å². The van der Waals surface area contributed by atoms with Gasteiger partial charge in [0.25, 0.3) is 5.56 Å². The first kappa shape index (κ1) is 24.2. The fourth-order valence-electron chi connectivity index (χ4n) is 3.75. The lowest BCUT2D eigenvalue weighted by molar-refractivity contribution is 0.688. The largest absolute Gasteiger partial charge is 0.354 e. The standard InChI is InChI=1S/C26H27N5O.ClH/c1-18-7-6-10-21(15-18)23-24(20-11-13-28-14-12-20)30-26(31(2)25(23)32)29-17-22(27)16-19-8-4-3-5-9-19;/h3-15,22H,16-17,27H2,1-2H3,(H,29,30);1H. The van der Waals surface area contributed by atoms with Gasteiger partial charge < -0.3 is 11.1 Å². The maximum atomic E-state index is 13.5. The van der Waals surface area contributed by atoms with Crippen molar-refractivity contribution in [2.45, 2.75) is 19.4 Å². The maximum absolute atomic E-state index is 13.5. The van der Waals surface area contributed by atoms with Crippen molar-refractivity contribution in [1.82, 2.24) is 14.5 Å². The highest BCUT2D eigenvalue weighted by Crippen LogP contribution is 2.29. The molecule has 7 heteroatoms. The predicted octanol–water partition coefficient (Wildman–Crippen LogP) is 4.22. The Labute approximate surface area is 200 Å². The summed E-state index contributed by atoms with van der Waals surface area (Å²) in [4.78, 5) is 22.4. The summed E-state index contributed by atoms with van der Waals surface area (Å²) < 4.78 is 1.55. The SMILES string of the molecule is Cc1cccc(-c2c(-c3ccncc3)nc(NCC(N)Cc3ccccc3)n(C)c2=O)c1.Cl. The van der Waals surface area contributed by atoms with E-state index in [1.807, 2.05) is 61.5 Å². The van der Waals surface area contributed by atoms with Gasteiger partial charge in [-0.2, -0.15) is 0 Å². The van der Waals surface area contributed by atoms with Crippen molar-refractivity contribution in [3.05, 3.63) is 101 Å². The van der Waals surface area contributed by atoms with Crippen LogP contribution < -0.4 is 16.6 Å². The third kappa shape index (κ3) is 5.66. The summed E-state index contributed by atoms with van der Waals surface area (Å²) in [6, 6.07) is 21.7. The molecule has 0 saturated carbocycles. The highest BCUT2D eigenvalue weighted by molar-refractivity contribution is 5.85. The molecule has 2 aromatic carbocycles. The van der Waals surface area contributed by atoms with Crippen molar-refractivity contribution >= 4 is 18.4 Å². The van der Waals surface area contributed by atoms with Crippen LogP contribution in [0.2, 0.25) is 0 Å². The molecule has 2 heterocycles. The van der Waals surface area contributed by atoms with Gasteiger partial charge in [-0.05, 0) is 36.6 Å². The second-order valence-electron chi connectivity index (χ2n) is 7.96. The number of hydrogen-bond acceptors (Lipinski definition) is 5. The molecule has 0 aliphatic carbocycles. The van der Waals surface area contributed by atoms with Crippen LogP contribution >= 0.6 is 12.4 Å². The van der Waals surface area contributed by atoms with E-state index >= 15 is 0 Å². The predicted molar refractivity (Wildman–Crippen MR) is 137 cm³/mol. The first-order chi connectivity index (χ1) is 15.5. The van der Waals surface area contributed by atoms with Gasteiger partial charge in [0.05, 0.1) is 11.3 Å². The lowest BCUT2D eigenvalue weighted by atomic mass is 9.99. The van der Waals surface area contributed by atoms with E-state index in [-0.39, 0.29) is 24.0 Å². The van der Waals surface area contributed by atoms with Gasteiger partial charge in [0.15, 0.2) is 0 Å². The molecule has 4 aromatic rings. The third-order valence-corrected chi connectivity index (χ3v) is 5.41. The monoisotopic (exact) mass is 461 g/mol. The molecule has 1 atom stereocenters. The Kier molecular flexibility index (Phi) is 7.98. The van der Waals surface area contributed by atoms with Crippen molar-refractivity contribution in [1.29, 1.82) is 0 Å². The zero-order valence-electron chi connectivity index (χ0n) is 18.7. The van der Waals surface area contributed by atoms with Crippen molar-refractivity contribution < 1.29 is 0 Å². The van der Waals surface area contributed by atoms with E-state index in [2.05, 4.69) is 22.4 Å². The lowest BCUT2D eigenvalue weighted by Gasteiger charge is -2.18. The first-order valence-corrected chi connectivity index (χ1v) is 10.6. The second-order valence-corrected chi connectivity index (χ2v) is 7.96. The molecule has 2 aromatic heterocycles. The van der Waals surface area contributed by atoms with Crippen LogP contribution in [0.15, 0.2) is 83.9 Å². The van der Waals surface area contributed by atoms with Crippen LogP contribution in [0.4, 0.5) is 5.95 Å². The molecule has 4 rings (SSSR count). The summed E-state index contributed by atoms with van der Waals surface area (Å²) in [5.41, 5.74) is 11.4. The molecule has 0 fully saturated rings. The van der Waals surface area contributed by atoms with Crippen molar-refractivity contribution in [2.75, 3.05) is 11.9 Å². The van der Waals surface area contributed by atoms with Gasteiger partial charge in [-0.1, -0.05) is 60.2 Å². The van der Waals surface area contributed by atoms with Crippen LogP contribution in [0.25, 0.3) is 22.4 Å². The minimum atomic E-state index is -0.116. The van der Waals surface area contributed by atoms with Gasteiger partial charge in [-0.15, -0.1) is 12.4 Å². The Morgan fingerprint density at radius 1 is 1.00 bits per heavy atom. The van der Waals surface area contributed by atoms with Gasteiger partial charge in [0.2, 0.25) is 5.95 Å². The summed E-state index contributed by atoms with van der Waals surface area (Å²) in [6.07, 6.45) is 4.15. The number of nitrogens with zero attached hydrogens (tertiary/aromatic N) is 3.